The Hall–Kier alpha value is -6.55. The average Bonchev–Trinajstić information content (AvgIpc) is 3.63. The van der Waals surface area contributed by atoms with Gasteiger partial charge in [-0.1, -0.05) is 66.7 Å². The molecular weight excluding hydrogens is 787 g/mol. The number of hydrazine groups is 1. The molecule has 3 N–H and O–H groups in total. The van der Waals surface area contributed by atoms with Gasteiger partial charge in [0.15, 0.2) is 0 Å². The fourth-order valence-corrected chi connectivity index (χ4v) is 9.02. The molecule has 15 heteroatoms. The van der Waals surface area contributed by atoms with Gasteiger partial charge in [-0.25, -0.2) is 15.0 Å². The third-order valence-electron chi connectivity index (χ3n) is 12.1. The number of hydrogen-bond donors (Lipinski definition) is 3. The highest BCUT2D eigenvalue weighted by atomic mass is 16.3. The number of aromatic nitrogens is 2. The molecule has 5 heterocycles. The first-order chi connectivity index (χ1) is 30.1. The highest BCUT2D eigenvalue weighted by Crippen LogP contribution is 2.32. The topological polar surface area (TPSA) is 158 Å². The Kier molecular flexibility index (Phi) is 12.6. The van der Waals surface area contributed by atoms with Crippen LogP contribution in [0.5, 0.6) is 5.75 Å². The summed E-state index contributed by atoms with van der Waals surface area (Å²) >= 11 is 0. The number of hydrogen-bond acceptors (Lipinski definition) is 10. The minimum absolute atomic E-state index is 0.0663. The quantitative estimate of drug-likeness (QED) is 0.141. The number of amides is 4. The van der Waals surface area contributed by atoms with Gasteiger partial charge in [-0.15, -0.1) is 6.58 Å². The predicted molar refractivity (Wildman–Crippen MR) is 236 cm³/mol. The second-order valence-corrected chi connectivity index (χ2v) is 16.1. The van der Waals surface area contributed by atoms with E-state index in [0.717, 1.165) is 54.2 Å². The van der Waals surface area contributed by atoms with Gasteiger partial charge in [0, 0.05) is 77.3 Å². The number of carbonyl (C=O) groups is 4. The molecule has 0 aliphatic carbocycles. The minimum Gasteiger partial charge on any atom is -0.508 e. The van der Waals surface area contributed by atoms with Crippen LogP contribution in [0.25, 0.3) is 10.9 Å². The zero-order valence-corrected chi connectivity index (χ0v) is 35.0. The summed E-state index contributed by atoms with van der Waals surface area (Å²) in [5.41, 5.74) is 4.37. The second kappa shape index (κ2) is 18.6. The van der Waals surface area contributed by atoms with Crippen molar-refractivity contribution >= 4 is 46.0 Å². The summed E-state index contributed by atoms with van der Waals surface area (Å²) in [6, 6.07) is 24.9. The Balaban J connectivity index is 1.06. The van der Waals surface area contributed by atoms with Gasteiger partial charge in [0.1, 0.15) is 23.8 Å². The van der Waals surface area contributed by atoms with E-state index in [1.165, 1.54) is 0 Å². The lowest BCUT2D eigenvalue weighted by Crippen LogP contribution is -2.75. The maximum Gasteiger partial charge on any atom is 0.257 e. The molecule has 0 saturated carbocycles. The Morgan fingerprint density at radius 2 is 1.71 bits per heavy atom. The van der Waals surface area contributed by atoms with Crippen LogP contribution in [-0.4, -0.2) is 139 Å². The number of para-hydroxylation sites is 1. The Labute approximate surface area is 361 Å². The molecule has 4 amide bonds. The van der Waals surface area contributed by atoms with Crippen molar-refractivity contribution in [2.24, 2.45) is 7.05 Å². The number of benzene rings is 3. The average molecular weight is 840 g/mol. The van der Waals surface area contributed by atoms with Crippen LogP contribution in [0.1, 0.15) is 33.5 Å². The second-order valence-electron chi connectivity index (χ2n) is 16.1. The van der Waals surface area contributed by atoms with Crippen molar-refractivity contribution in [3.8, 4) is 5.75 Å². The number of nitrogens with one attached hydrogen (secondary N) is 1. The normalized spacial score (nSPS) is 18.6. The van der Waals surface area contributed by atoms with E-state index < -0.39 is 12.2 Å². The zero-order chi connectivity index (χ0) is 43.3. The number of phenolic OH excluding ortho intramolecular Hbond substituents is 1. The van der Waals surface area contributed by atoms with Gasteiger partial charge < -0.3 is 34.8 Å². The number of aliphatic hydroxyl groups excluding tert-OH is 1. The number of aromatic hydroxyl groups is 1. The minimum atomic E-state index is -0.925. The lowest BCUT2D eigenvalue weighted by Gasteiger charge is -2.55. The van der Waals surface area contributed by atoms with Gasteiger partial charge in [-0.05, 0) is 47.4 Å². The number of anilines is 2. The lowest BCUT2D eigenvalue weighted by molar-refractivity contribution is -0.205. The molecule has 0 spiro atoms. The molecule has 62 heavy (non-hydrogen) atoms. The van der Waals surface area contributed by atoms with E-state index >= 15 is 0 Å². The first kappa shape index (κ1) is 42.2. The van der Waals surface area contributed by atoms with Crippen molar-refractivity contribution in [1.82, 2.24) is 34.3 Å². The highest BCUT2D eigenvalue weighted by molar-refractivity contribution is 6.13. The van der Waals surface area contributed by atoms with E-state index in [4.69, 9.17) is 0 Å². The van der Waals surface area contributed by atoms with E-state index in [1.54, 1.807) is 62.6 Å². The Bertz CT molecular complexity index is 2410. The highest BCUT2D eigenvalue weighted by Gasteiger charge is 2.51. The first-order valence-corrected chi connectivity index (χ1v) is 21.1. The summed E-state index contributed by atoms with van der Waals surface area (Å²) < 4.78 is 1.89. The van der Waals surface area contributed by atoms with Crippen LogP contribution < -0.4 is 10.2 Å². The molecule has 3 saturated heterocycles. The molecule has 3 aromatic carbocycles. The van der Waals surface area contributed by atoms with Crippen LogP contribution in [0.4, 0.5) is 11.5 Å². The van der Waals surface area contributed by atoms with Gasteiger partial charge in [-0.3, -0.25) is 24.1 Å². The molecule has 2 aromatic heterocycles. The summed E-state index contributed by atoms with van der Waals surface area (Å²) in [5, 5.41) is 26.4. The third-order valence-corrected chi connectivity index (χ3v) is 12.1. The first-order valence-electron chi connectivity index (χ1n) is 21.1. The molecule has 0 radical (unpaired) electrons. The van der Waals surface area contributed by atoms with Crippen LogP contribution in [-0.2, 0) is 40.8 Å². The number of piperazine rings is 2. The maximum atomic E-state index is 14.8. The Morgan fingerprint density at radius 3 is 2.42 bits per heavy atom. The van der Waals surface area contributed by atoms with E-state index in [2.05, 4.69) is 26.7 Å². The third kappa shape index (κ3) is 8.91. The summed E-state index contributed by atoms with van der Waals surface area (Å²) in [4.78, 5) is 69.4. The fourth-order valence-electron chi connectivity index (χ4n) is 9.02. The van der Waals surface area contributed by atoms with E-state index in [0.29, 0.717) is 29.6 Å². The maximum absolute atomic E-state index is 14.8. The van der Waals surface area contributed by atoms with Gasteiger partial charge in [0.05, 0.1) is 42.7 Å². The van der Waals surface area contributed by atoms with Gasteiger partial charge in [0.25, 0.3) is 5.91 Å². The van der Waals surface area contributed by atoms with Crippen molar-refractivity contribution in [3.05, 3.63) is 132 Å². The van der Waals surface area contributed by atoms with Crippen LogP contribution in [0, 0.1) is 0 Å². The predicted octanol–water partition coefficient (Wildman–Crippen LogP) is 3.63. The number of pyridine rings is 1. The fraction of sp³-hybridized carbons (Fsp3) is 0.340. The molecule has 2 unspecified atom stereocenters. The standard InChI is InChI=1S/C47H53N9O6/c1-3-20-54-32-44(60)55-40(27-34-12-16-37(58)17-13-34)47(62)53(31-42(55)56(54)43(59)19-14-33-8-5-4-6-9-33)29-35-10-7-11-38-39(30-50(2)45(35)38)46(61)49-36-15-18-41(48-28-36)52-23-21-51(22-24-52)25-26-57/h3-13,15-18,28,30,40,42,57-58H,1,14,19-27,29,31-32H2,2H3,(H,49,61). The van der Waals surface area contributed by atoms with Crippen LogP contribution >= 0.6 is 0 Å². The molecule has 15 nitrogen and oxygen atoms in total. The smallest absolute Gasteiger partial charge is 0.257 e. The molecule has 3 fully saturated rings. The van der Waals surface area contributed by atoms with E-state index in [1.807, 2.05) is 72.3 Å². The molecule has 3 aliphatic rings. The zero-order valence-electron chi connectivity index (χ0n) is 35.0. The number of aryl methyl sites for hydroxylation is 2. The molecule has 3 aliphatic heterocycles. The van der Waals surface area contributed by atoms with Crippen LogP contribution in [0.2, 0.25) is 0 Å². The lowest BCUT2D eigenvalue weighted by atomic mass is 9.97. The largest absolute Gasteiger partial charge is 0.508 e. The Morgan fingerprint density at radius 1 is 0.935 bits per heavy atom. The molecule has 2 atom stereocenters. The molecule has 5 aromatic rings. The summed E-state index contributed by atoms with van der Waals surface area (Å²) in [7, 11) is 1.87. The van der Waals surface area contributed by atoms with Crippen LogP contribution in [0.15, 0.2) is 110 Å². The van der Waals surface area contributed by atoms with Crippen molar-refractivity contribution in [3.63, 3.8) is 0 Å². The molecule has 0 bridgehead atoms. The number of nitrogens with zero attached hydrogens (tertiary/aromatic N) is 8. The van der Waals surface area contributed by atoms with Crippen molar-refractivity contribution < 1.29 is 29.4 Å². The van der Waals surface area contributed by atoms with Crippen molar-refractivity contribution in [2.75, 3.05) is 69.2 Å². The van der Waals surface area contributed by atoms with Gasteiger partial charge in [0.2, 0.25) is 17.7 Å². The monoisotopic (exact) mass is 839 g/mol. The van der Waals surface area contributed by atoms with Crippen LogP contribution in [0.3, 0.4) is 0 Å². The van der Waals surface area contributed by atoms with Gasteiger partial charge in [-0.2, -0.15) is 0 Å². The number of rotatable bonds is 14. The number of carbonyl (C=O) groups excluding carboxylic acids is 4. The number of aliphatic hydroxyl groups is 1. The summed E-state index contributed by atoms with van der Waals surface area (Å²) in [6.45, 7) is 8.40. The molecule has 8 rings (SSSR count). The summed E-state index contributed by atoms with van der Waals surface area (Å²) in [5.74, 6) is -0.0741. The number of fused-ring (bicyclic) bond motifs is 2. The number of β-amino-alcohol motifs (C(OH)–C–C–N with tert-alkyl or cyclic N) is 1. The summed E-state index contributed by atoms with van der Waals surface area (Å²) in [6.07, 6.45) is 5.21. The SMILES string of the molecule is C=CCN1CC(=O)N2C(Cc3ccc(O)cc3)C(=O)N(Cc3cccc4c(C(=O)Nc5ccc(N6CCN(CCO)CC6)nc5)cn(C)c34)CC2N1C(=O)CCc1ccccc1. The number of phenols is 1. The van der Waals surface area contributed by atoms with Gasteiger partial charge >= 0.3 is 0 Å². The van der Waals surface area contributed by atoms with Crippen molar-refractivity contribution in [1.29, 1.82) is 0 Å². The van der Waals surface area contributed by atoms with E-state index in [9.17, 15) is 29.4 Å². The van der Waals surface area contributed by atoms with E-state index in [-0.39, 0.29) is 75.0 Å². The van der Waals surface area contributed by atoms with Crippen molar-refractivity contribution in [2.45, 2.75) is 38.0 Å². The molecular formula is C47H53N9O6. The molecule has 322 valence electrons.